The van der Waals surface area contributed by atoms with Crippen LogP contribution in [0.1, 0.15) is 18.6 Å². The number of rotatable bonds is 5. The van der Waals surface area contributed by atoms with Gasteiger partial charge in [-0.2, -0.15) is 5.10 Å². The van der Waals surface area contributed by atoms with Gasteiger partial charge in [0.05, 0.1) is 30.5 Å². The van der Waals surface area contributed by atoms with E-state index in [1.54, 1.807) is 17.3 Å². The van der Waals surface area contributed by atoms with E-state index in [-0.39, 0.29) is 6.10 Å². The quantitative estimate of drug-likeness (QED) is 0.719. The molecule has 1 saturated heterocycles. The molecule has 4 rings (SSSR count). The highest BCUT2D eigenvalue weighted by Gasteiger charge is 2.23. The summed E-state index contributed by atoms with van der Waals surface area (Å²) in [4.78, 5) is 11.0. The van der Waals surface area contributed by atoms with Crippen molar-refractivity contribution in [3.05, 3.63) is 36.7 Å². The number of fused-ring (bicyclic) bond motifs is 1. The lowest BCUT2D eigenvalue weighted by molar-refractivity contribution is 0.115. The van der Waals surface area contributed by atoms with Gasteiger partial charge in [0.1, 0.15) is 17.9 Å². The summed E-state index contributed by atoms with van der Waals surface area (Å²) < 4.78 is 13.1. The highest BCUT2D eigenvalue weighted by Crippen LogP contribution is 2.26. The van der Waals surface area contributed by atoms with Crippen LogP contribution in [0, 0.1) is 0 Å². The lowest BCUT2D eigenvalue weighted by Crippen LogP contribution is -2.32. The van der Waals surface area contributed by atoms with Gasteiger partial charge in [-0.25, -0.2) is 9.97 Å². The first-order chi connectivity index (χ1) is 11.3. The van der Waals surface area contributed by atoms with Crippen LogP contribution < -0.4 is 4.90 Å². The summed E-state index contributed by atoms with van der Waals surface area (Å²) in [7, 11) is 1.88. The first-order valence-electron chi connectivity index (χ1n) is 7.83. The summed E-state index contributed by atoms with van der Waals surface area (Å²) in [5.74, 6) is 1.77. The monoisotopic (exact) mass is 313 g/mol. The van der Waals surface area contributed by atoms with E-state index < -0.39 is 0 Å². The van der Waals surface area contributed by atoms with Crippen LogP contribution in [0.2, 0.25) is 0 Å². The molecule has 0 aromatic carbocycles. The molecule has 1 unspecified atom stereocenters. The van der Waals surface area contributed by atoms with Crippen molar-refractivity contribution in [3.8, 4) is 0 Å². The van der Waals surface area contributed by atoms with E-state index in [1.807, 2.05) is 25.4 Å². The molecule has 3 aromatic heterocycles. The molecule has 120 valence electrons. The van der Waals surface area contributed by atoms with Gasteiger partial charge in [-0.05, 0) is 25.0 Å². The van der Waals surface area contributed by atoms with Crippen molar-refractivity contribution in [1.82, 2.24) is 19.7 Å². The van der Waals surface area contributed by atoms with Gasteiger partial charge in [-0.1, -0.05) is 0 Å². The van der Waals surface area contributed by atoms with Crippen molar-refractivity contribution < 1.29 is 9.15 Å². The average molecular weight is 313 g/mol. The van der Waals surface area contributed by atoms with Crippen LogP contribution in [-0.2, 0) is 18.3 Å². The highest BCUT2D eigenvalue weighted by molar-refractivity contribution is 5.86. The second-order valence-corrected chi connectivity index (χ2v) is 5.80. The van der Waals surface area contributed by atoms with E-state index in [0.717, 1.165) is 48.6 Å². The van der Waals surface area contributed by atoms with Gasteiger partial charge >= 0.3 is 0 Å². The van der Waals surface area contributed by atoms with Crippen LogP contribution in [-0.4, -0.2) is 39.0 Å². The van der Waals surface area contributed by atoms with Crippen LogP contribution in [0.4, 0.5) is 5.82 Å². The van der Waals surface area contributed by atoms with Gasteiger partial charge in [0.15, 0.2) is 5.65 Å². The summed E-state index contributed by atoms with van der Waals surface area (Å²) in [6, 6.07) is 3.88. The summed E-state index contributed by atoms with van der Waals surface area (Å²) in [6.07, 6.45) is 7.52. The van der Waals surface area contributed by atoms with E-state index in [9.17, 15) is 0 Å². The van der Waals surface area contributed by atoms with Gasteiger partial charge in [0.25, 0.3) is 0 Å². The Balaban J connectivity index is 1.69. The Bertz CT molecular complexity index is 777. The number of aryl methyl sites for hydroxylation is 1. The fourth-order valence-electron chi connectivity index (χ4n) is 3.05. The SMILES string of the molecule is Cn1ncc2c(N(Cc3ccco3)CC3CCCO3)ncnc21. The molecule has 1 aliphatic heterocycles. The number of furan rings is 1. The molecule has 0 radical (unpaired) electrons. The van der Waals surface area contributed by atoms with Crippen LogP contribution in [0.15, 0.2) is 35.3 Å². The molecule has 4 heterocycles. The molecule has 3 aromatic rings. The van der Waals surface area contributed by atoms with E-state index in [4.69, 9.17) is 9.15 Å². The predicted octanol–water partition coefficient (Wildman–Crippen LogP) is 2.14. The largest absolute Gasteiger partial charge is 0.467 e. The summed E-state index contributed by atoms with van der Waals surface area (Å²) >= 11 is 0. The van der Waals surface area contributed by atoms with Gasteiger partial charge in [0.2, 0.25) is 0 Å². The second kappa shape index (κ2) is 6.00. The van der Waals surface area contributed by atoms with Crippen molar-refractivity contribution in [3.63, 3.8) is 0 Å². The maximum absolute atomic E-state index is 5.80. The number of hydrogen-bond donors (Lipinski definition) is 0. The minimum atomic E-state index is 0.228. The Morgan fingerprint density at radius 2 is 2.35 bits per heavy atom. The number of aromatic nitrogens is 4. The lowest BCUT2D eigenvalue weighted by atomic mass is 10.2. The fourth-order valence-corrected chi connectivity index (χ4v) is 3.05. The minimum Gasteiger partial charge on any atom is -0.467 e. The number of nitrogens with zero attached hydrogens (tertiary/aromatic N) is 5. The molecule has 0 aliphatic carbocycles. The molecule has 1 fully saturated rings. The average Bonchev–Trinajstić information content (AvgIpc) is 3.30. The fraction of sp³-hybridized carbons (Fsp3) is 0.438. The van der Waals surface area contributed by atoms with Crippen LogP contribution in [0.5, 0.6) is 0 Å². The number of anilines is 1. The summed E-state index contributed by atoms with van der Waals surface area (Å²) in [6.45, 7) is 2.26. The third-order valence-corrected chi connectivity index (χ3v) is 4.18. The lowest BCUT2D eigenvalue weighted by Gasteiger charge is -2.25. The zero-order valence-electron chi connectivity index (χ0n) is 13.1. The van der Waals surface area contributed by atoms with E-state index in [2.05, 4.69) is 20.0 Å². The van der Waals surface area contributed by atoms with E-state index in [0.29, 0.717) is 6.54 Å². The molecular formula is C16H19N5O2. The van der Waals surface area contributed by atoms with Gasteiger partial charge in [-0.3, -0.25) is 4.68 Å². The first-order valence-corrected chi connectivity index (χ1v) is 7.83. The Kier molecular flexibility index (Phi) is 3.70. The summed E-state index contributed by atoms with van der Waals surface area (Å²) in [5, 5.41) is 5.24. The normalized spacial score (nSPS) is 17.9. The molecule has 0 amide bonds. The molecule has 7 nitrogen and oxygen atoms in total. The van der Waals surface area contributed by atoms with Crippen molar-refractivity contribution in [2.45, 2.75) is 25.5 Å². The zero-order chi connectivity index (χ0) is 15.6. The molecular weight excluding hydrogens is 294 g/mol. The van der Waals surface area contributed by atoms with Crippen molar-refractivity contribution >= 4 is 16.9 Å². The zero-order valence-corrected chi connectivity index (χ0v) is 13.1. The van der Waals surface area contributed by atoms with Crippen molar-refractivity contribution in [2.75, 3.05) is 18.1 Å². The van der Waals surface area contributed by atoms with Gasteiger partial charge < -0.3 is 14.1 Å². The Labute approximate surface area is 133 Å². The van der Waals surface area contributed by atoms with E-state index >= 15 is 0 Å². The summed E-state index contributed by atoms with van der Waals surface area (Å²) in [5.41, 5.74) is 0.826. The van der Waals surface area contributed by atoms with E-state index in [1.165, 1.54) is 0 Å². The minimum absolute atomic E-state index is 0.228. The second-order valence-electron chi connectivity index (χ2n) is 5.80. The molecule has 1 atom stereocenters. The topological polar surface area (TPSA) is 69.2 Å². The van der Waals surface area contributed by atoms with Crippen LogP contribution in [0.3, 0.4) is 0 Å². The first kappa shape index (κ1) is 14.2. The van der Waals surface area contributed by atoms with Gasteiger partial charge in [-0.15, -0.1) is 0 Å². The Morgan fingerprint density at radius 3 is 3.13 bits per heavy atom. The van der Waals surface area contributed by atoms with Crippen LogP contribution >= 0.6 is 0 Å². The third-order valence-electron chi connectivity index (χ3n) is 4.18. The predicted molar refractivity (Wildman–Crippen MR) is 85.0 cm³/mol. The molecule has 0 spiro atoms. The standard InChI is InChI=1S/C16H19N5O2/c1-20-15-14(8-19-20)16(18-11-17-15)21(9-12-4-2-6-22-12)10-13-5-3-7-23-13/h2,4,6,8,11,13H,3,5,7,9-10H2,1H3. The Hall–Kier alpha value is -2.41. The number of ether oxygens (including phenoxy) is 1. The highest BCUT2D eigenvalue weighted by atomic mass is 16.5. The van der Waals surface area contributed by atoms with Crippen LogP contribution in [0.25, 0.3) is 11.0 Å². The third kappa shape index (κ3) is 2.79. The maximum atomic E-state index is 5.80. The molecule has 23 heavy (non-hydrogen) atoms. The van der Waals surface area contributed by atoms with Crippen molar-refractivity contribution in [1.29, 1.82) is 0 Å². The molecule has 0 saturated carbocycles. The molecule has 7 heteroatoms. The number of hydrogen-bond acceptors (Lipinski definition) is 6. The maximum Gasteiger partial charge on any atom is 0.163 e. The molecule has 0 N–H and O–H groups in total. The van der Waals surface area contributed by atoms with Gasteiger partial charge in [0, 0.05) is 20.2 Å². The molecule has 1 aliphatic rings. The Morgan fingerprint density at radius 1 is 1.39 bits per heavy atom. The smallest absolute Gasteiger partial charge is 0.163 e. The molecule has 0 bridgehead atoms. The van der Waals surface area contributed by atoms with Crippen molar-refractivity contribution in [2.24, 2.45) is 7.05 Å².